The monoisotopic (exact) mass is 361 g/mol. The standard InChI is InChI=1S/C14H16ClN3O2S.ClH/c1-7(2)11-6-21-14(17-11)18-13(19)8-4-9(15)10(16)5-12(8)20-3;/h4-7H,16H2,1-3H3,(H,17,18,19);1H. The van der Waals surface area contributed by atoms with Gasteiger partial charge in [0.15, 0.2) is 5.13 Å². The van der Waals surface area contributed by atoms with Gasteiger partial charge in [-0.15, -0.1) is 23.7 Å². The third kappa shape index (κ3) is 4.03. The fourth-order valence-corrected chi connectivity index (χ4v) is 2.72. The van der Waals surface area contributed by atoms with E-state index < -0.39 is 0 Å². The van der Waals surface area contributed by atoms with Gasteiger partial charge in [-0.05, 0) is 12.0 Å². The van der Waals surface area contributed by atoms with Gasteiger partial charge >= 0.3 is 0 Å². The molecule has 0 bridgehead atoms. The molecule has 2 rings (SSSR count). The second-order valence-electron chi connectivity index (χ2n) is 4.76. The Labute approximate surface area is 144 Å². The molecule has 0 saturated carbocycles. The molecular weight excluding hydrogens is 345 g/mol. The molecule has 0 atom stereocenters. The highest BCUT2D eigenvalue weighted by molar-refractivity contribution is 7.14. The largest absolute Gasteiger partial charge is 0.496 e. The summed E-state index contributed by atoms with van der Waals surface area (Å²) in [6.45, 7) is 4.09. The molecule has 120 valence electrons. The van der Waals surface area contributed by atoms with Crippen LogP contribution in [0, 0.1) is 0 Å². The molecule has 2 aromatic rings. The Kier molecular flexibility index (Phi) is 6.47. The number of nitrogens with zero attached hydrogens (tertiary/aromatic N) is 1. The molecule has 0 spiro atoms. The minimum atomic E-state index is -0.335. The van der Waals surface area contributed by atoms with E-state index in [0.717, 1.165) is 5.69 Å². The fraction of sp³-hybridized carbons (Fsp3) is 0.286. The third-order valence-electron chi connectivity index (χ3n) is 2.90. The number of rotatable bonds is 4. The number of ether oxygens (including phenoxy) is 1. The Hall–Kier alpha value is -1.50. The van der Waals surface area contributed by atoms with E-state index >= 15 is 0 Å². The Bertz CT molecular complexity index is 674. The molecule has 1 aromatic heterocycles. The molecular formula is C14H17Cl2N3O2S. The zero-order chi connectivity index (χ0) is 15.6. The van der Waals surface area contributed by atoms with Crippen LogP contribution >= 0.6 is 35.3 Å². The van der Waals surface area contributed by atoms with Gasteiger partial charge in [0.05, 0.1) is 29.1 Å². The zero-order valence-electron chi connectivity index (χ0n) is 12.3. The van der Waals surface area contributed by atoms with Crippen LogP contribution in [0.3, 0.4) is 0 Å². The lowest BCUT2D eigenvalue weighted by Crippen LogP contribution is -2.13. The number of anilines is 2. The molecule has 0 aliphatic carbocycles. The molecule has 0 unspecified atom stereocenters. The average molecular weight is 362 g/mol. The molecule has 0 fully saturated rings. The van der Waals surface area contributed by atoms with Crippen LogP contribution < -0.4 is 15.8 Å². The van der Waals surface area contributed by atoms with Gasteiger partial charge in [0.1, 0.15) is 5.75 Å². The topological polar surface area (TPSA) is 77.2 Å². The Morgan fingerprint density at radius 1 is 1.45 bits per heavy atom. The highest BCUT2D eigenvalue weighted by atomic mass is 35.5. The Balaban J connectivity index is 0.00000242. The Morgan fingerprint density at radius 2 is 2.14 bits per heavy atom. The van der Waals surface area contributed by atoms with Gasteiger partial charge in [-0.2, -0.15) is 0 Å². The van der Waals surface area contributed by atoms with Crippen molar-refractivity contribution in [3.8, 4) is 5.75 Å². The van der Waals surface area contributed by atoms with Gasteiger partial charge in [-0.1, -0.05) is 25.4 Å². The van der Waals surface area contributed by atoms with Crippen LogP contribution in [0.25, 0.3) is 0 Å². The summed E-state index contributed by atoms with van der Waals surface area (Å²) >= 11 is 7.34. The zero-order valence-corrected chi connectivity index (χ0v) is 14.7. The van der Waals surface area contributed by atoms with Gasteiger partial charge in [-0.25, -0.2) is 4.98 Å². The van der Waals surface area contributed by atoms with Crippen molar-refractivity contribution >= 4 is 52.1 Å². The Morgan fingerprint density at radius 3 is 2.68 bits per heavy atom. The van der Waals surface area contributed by atoms with Crippen LogP contribution in [0.5, 0.6) is 5.75 Å². The van der Waals surface area contributed by atoms with Crippen LogP contribution in [0.15, 0.2) is 17.5 Å². The number of hydrogen-bond acceptors (Lipinski definition) is 5. The highest BCUT2D eigenvalue weighted by Gasteiger charge is 2.17. The number of thiazole rings is 1. The van der Waals surface area contributed by atoms with E-state index in [1.165, 1.54) is 30.6 Å². The van der Waals surface area contributed by atoms with E-state index in [1.54, 1.807) is 0 Å². The van der Waals surface area contributed by atoms with Crippen molar-refractivity contribution in [2.75, 3.05) is 18.2 Å². The summed E-state index contributed by atoms with van der Waals surface area (Å²) in [4.78, 5) is 16.7. The van der Waals surface area contributed by atoms with Crippen LogP contribution in [-0.4, -0.2) is 18.0 Å². The predicted molar refractivity (Wildman–Crippen MR) is 93.8 cm³/mol. The molecule has 5 nitrogen and oxygen atoms in total. The lowest BCUT2D eigenvalue weighted by atomic mass is 10.1. The summed E-state index contributed by atoms with van der Waals surface area (Å²) in [6, 6.07) is 3.01. The SMILES string of the molecule is COc1cc(N)c(Cl)cc1C(=O)Nc1nc(C(C)C)cs1.Cl. The molecule has 0 aliphatic heterocycles. The first-order valence-electron chi connectivity index (χ1n) is 6.32. The summed E-state index contributed by atoms with van der Waals surface area (Å²) in [6.07, 6.45) is 0. The summed E-state index contributed by atoms with van der Waals surface area (Å²) in [7, 11) is 1.47. The first-order chi connectivity index (χ1) is 9.92. The third-order valence-corrected chi connectivity index (χ3v) is 4.00. The first kappa shape index (κ1) is 18.5. The lowest BCUT2D eigenvalue weighted by Gasteiger charge is -2.10. The van der Waals surface area contributed by atoms with E-state index in [9.17, 15) is 4.79 Å². The second kappa shape index (κ2) is 7.67. The predicted octanol–water partition coefficient (Wildman–Crippen LogP) is 4.18. The smallest absolute Gasteiger partial charge is 0.261 e. The van der Waals surface area contributed by atoms with Crippen molar-refractivity contribution in [3.05, 3.63) is 33.8 Å². The number of carbonyl (C=O) groups excluding carboxylic acids is 1. The highest BCUT2D eigenvalue weighted by Crippen LogP contribution is 2.30. The van der Waals surface area contributed by atoms with E-state index in [0.29, 0.717) is 33.1 Å². The van der Waals surface area contributed by atoms with Gasteiger partial charge in [0, 0.05) is 11.4 Å². The number of nitrogens with two attached hydrogens (primary N) is 1. The maximum absolute atomic E-state index is 12.3. The van der Waals surface area contributed by atoms with Crippen molar-refractivity contribution in [3.63, 3.8) is 0 Å². The number of amides is 1. The molecule has 0 saturated heterocycles. The minimum absolute atomic E-state index is 0. The average Bonchev–Trinajstić information content (AvgIpc) is 2.89. The number of benzene rings is 1. The van der Waals surface area contributed by atoms with Crippen molar-refractivity contribution in [1.82, 2.24) is 4.98 Å². The maximum atomic E-state index is 12.3. The lowest BCUT2D eigenvalue weighted by molar-refractivity contribution is 0.102. The van der Waals surface area contributed by atoms with Gasteiger partial charge < -0.3 is 10.5 Å². The van der Waals surface area contributed by atoms with Crippen LogP contribution in [0.4, 0.5) is 10.8 Å². The van der Waals surface area contributed by atoms with Gasteiger partial charge in [-0.3, -0.25) is 10.1 Å². The summed E-state index contributed by atoms with van der Waals surface area (Å²) < 4.78 is 5.17. The molecule has 1 heterocycles. The number of nitrogen functional groups attached to an aromatic ring is 1. The molecule has 22 heavy (non-hydrogen) atoms. The molecule has 1 amide bonds. The second-order valence-corrected chi connectivity index (χ2v) is 6.03. The quantitative estimate of drug-likeness (QED) is 0.800. The van der Waals surface area contributed by atoms with Crippen LogP contribution in [-0.2, 0) is 0 Å². The van der Waals surface area contributed by atoms with Crippen molar-refractivity contribution in [2.24, 2.45) is 0 Å². The summed E-state index contributed by atoms with van der Waals surface area (Å²) in [5.41, 5.74) is 7.32. The molecule has 0 aliphatic rings. The number of aromatic nitrogens is 1. The number of methoxy groups -OCH3 is 1. The molecule has 0 radical (unpaired) electrons. The summed E-state index contributed by atoms with van der Waals surface area (Å²) in [5, 5.41) is 5.52. The minimum Gasteiger partial charge on any atom is -0.496 e. The fourth-order valence-electron chi connectivity index (χ4n) is 1.69. The van der Waals surface area contributed by atoms with Gasteiger partial charge in [0.2, 0.25) is 0 Å². The van der Waals surface area contributed by atoms with Crippen molar-refractivity contribution < 1.29 is 9.53 Å². The van der Waals surface area contributed by atoms with E-state index in [1.807, 2.05) is 19.2 Å². The maximum Gasteiger partial charge on any atom is 0.261 e. The van der Waals surface area contributed by atoms with Crippen molar-refractivity contribution in [1.29, 1.82) is 0 Å². The van der Waals surface area contributed by atoms with Crippen molar-refractivity contribution in [2.45, 2.75) is 19.8 Å². The molecule has 1 aromatic carbocycles. The number of nitrogens with one attached hydrogen (secondary N) is 1. The van der Waals surface area contributed by atoms with E-state index in [4.69, 9.17) is 22.1 Å². The molecule has 3 N–H and O–H groups in total. The normalized spacial score (nSPS) is 10.2. The molecule has 8 heteroatoms. The summed E-state index contributed by atoms with van der Waals surface area (Å²) in [5.74, 6) is 0.348. The van der Waals surface area contributed by atoms with E-state index in [-0.39, 0.29) is 18.3 Å². The van der Waals surface area contributed by atoms with Crippen LogP contribution in [0.2, 0.25) is 5.02 Å². The van der Waals surface area contributed by atoms with Crippen LogP contribution in [0.1, 0.15) is 35.8 Å². The van der Waals surface area contributed by atoms with Gasteiger partial charge in [0.25, 0.3) is 5.91 Å². The van der Waals surface area contributed by atoms with E-state index in [2.05, 4.69) is 10.3 Å². The first-order valence-corrected chi connectivity index (χ1v) is 7.58. The number of halogens is 2. The number of hydrogen-bond donors (Lipinski definition) is 2. The number of carbonyl (C=O) groups is 1.